The molecule has 0 aromatic rings. The number of rotatable bonds is 8. The highest BCUT2D eigenvalue weighted by Crippen LogP contribution is 2.39. The fraction of sp³-hybridized carbons (Fsp3) is 0.739. The summed E-state index contributed by atoms with van der Waals surface area (Å²) in [4.78, 5) is 26.4. The number of hydrogen-bond donors (Lipinski definition) is 1. The molecule has 0 aromatic carbocycles. The van der Waals surface area contributed by atoms with Crippen molar-refractivity contribution in [3.05, 3.63) is 22.3 Å². The summed E-state index contributed by atoms with van der Waals surface area (Å²) in [5, 5.41) is 11.2. The van der Waals surface area contributed by atoms with Crippen molar-refractivity contribution in [3.8, 4) is 0 Å². The van der Waals surface area contributed by atoms with Crippen LogP contribution >= 0.6 is 0 Å². The van der Waals surface area contributed by atoms with Gasteiger partial charge in [-0.2, -0.15) is 0 Å². The van der Waals surface area contributed by atoms with Gasteiger partial charge >= 0.3 is 0 Å². The molecule has 0 bridgehead atoms. The molecule has 1 rings (SSSR count). The van der Waals surface area contributed by atoms with Crippen LogP contribution in [0.5, 0.6) is 0 Å². The minimum Gasteiger partial charge on any atom is -0.374 e. The van der Waals surface area contributed by atoms with Gasteiger partial charge in [-0.05, 0) is 69.3 Å². The Morgan fingerprint density at radius 1 is 0.923 bits per heavy atom. The molecule has 1 unspecified atom stereocenters. The van der Waals surface area contributed by atoms with Gasteiger partial charge < -0.3 is 5.11 Å². The molecule has 1 aliphatic carbocycles. The molecule has 0 amide bonds. The van der Waals surface area contributed by atoms with E-state index in [0.29, 0.717) is 41.7 Å². The predicted molar refractivity (Wildman–Crippen MR) is 108 cm³/mol. The third-order valence-electron chi connectivity index (χ3n) is 5.28. The van der Waals surface area contributed by atoms with Crippen LogP contribution < -0.4 is 0 Å². The van der Waals surface area contributed by atoms with E-state index in [0.717, 1.165) is 24.0 Å². The summed E-state index contributed by atoms with van der Waals surface area (Å²) in [6.07, 6.45) is 3.16. The molecular weight excluding hydrogens is 324 g/mol. The highest BCUT2D eigenvalue weighted by molar-refractivity contribution is 6.27. The van der Waals surface area contributed by atoms with Crippen LogP contribution in [0.25, 0.3) is 0 Å². The highest BCUT2D eigenvalue weighted by atomic mass is 16.3. The van der Waals surface area contributed by atoms with Gasteiger partial charge in [0.1, 0.15) is 0 Å². The van der Waals surface area contributed by atoms with E-state index in [1.807, 2.05) is 27.7 Å². The zero-order valence-corrected chi connectivity index (χ0v) is 18.0. The lowest BCUT2D eigenvalue weighted by atomic mass is 9.70. The second-order valence-corrected chi connectivity index (χ2v) is 9.24. The Balaban J connectivity index is 3.47. The number of carbonyl (C=O) groups excluding carboxylic acids is 2. The van der Waals surface area contributed by atoms with Gasteiger partial charge in [-0.15, -0.1) is 0 Å². The minimum atomic E-state index is -1.89. The van der Waals surface area contributed by atoms with Gasteiger partial charge in [0.2, 0.25) is 5.78 Å². The average Bonchev–Trinajstić information content (AvgIpc) is 2.50. The van der Waals surface area contributed by atoms with Crippen molar-refractivity contribution < 1.29 is 14.7 Å². The van der Waals surface area contributed by atoms with Crippen molar-refractivity contribution in [2.24, 2.45) is 17.8 Å². The van der Waals surface area contributed by atoms with E-state index in [1.165, 1.54) is 0 Å². The van der Waals surface area contributed by atoms with E-state index in [4.69, 9.17) is 0 Å². The van der Waals surface area contributed by atoms with Gasteiger partial charge in [-0.25, -0.2) is 0 Å². The van der Waals surface area contributed by atoms with Crippen molar-refractivity contribution in [1.82, 2.24) is 0 Å². The normalized spacial score (nSPS) is 23.7. The summed E-state index contributed by atoms with van der Waals surface area (Å²) in [6.45, 7) is 16.4. The molecule has 0 fully saturated rings. The Bertz CT molecular complexity index is 605. The lowest BCUT2D eigenvalue weighted by Gasteiger charge is -2.35. The van der Waals surface area contributed by atoms with Crippen LogP contribution in [0.1, 0.15) is 87.5 Å². The first kappa shape index (κ1) is 22.8. The first-order valence-electron chi connectivity index (χ1n) is 10.1. The summed E-state index contributed by atoms with van der Waals surface area (Å²) < 4.78 is 0. The van der Waals surface area contributed by atoms with Crippen LogP contribution in [0, 0.1) is 17.8 Å². The molecule has 148 valence electrons. The minimum absolute atomic E-state index is 0.208. The Hall–Kier alpha value is -1.22. The second kappa shape index (κ2) is 9.12. The maximum Gasteiger partial charge on any atom is 0.202 e. The molecule has 0 radical (unpaired) electrons. The van der Waals surface area contributed by atoms with Crippen LogP contribution in [-0.2, 0) is 9.59 Å². The molecule has 1 aliphatic rings. The first-order valence-corrected chi connectivity index (χ1v) is 10.1. The van der Waals surface area contributed by atoms with Crippen LogP contribution in [0.4, 0.5) is 0 Å². The summed E-state index contributed by atoms with van der Waals surface area (Å²) in [5.74, 6) is 0.474. The summed E-state index contributed by atoms with van der Waals surface area (Å²) in [5.41, 5.74) is 1.14. The Morgan fingerprint density at radius 2 is 1.46 bits per heavy atom. The van der Waals surface area contributed by atoms with Crippen molar-refractivity contribution in [2.45, 2.75) is 93.1 Å². The molecule has 0 heterocycles. The van der Waals surface area contributed by atoms with E-state index in [-0.39, 0.29) is 18.0 Å². The van der Waals surface area contributed by atoms with E-state index in [1.54, 1.807) is 0 Å². The van der Waals surface area contributed by atoms with Crippen molar-refractivity contribution in [2.75, 3.05) is 0 Å². The number of aliphatic hydroxyl groups is 1. The number of carbonyl (C=O) groups is 2. The van der Waals surface area contributed by atoms with Gasteiger partial charge in [-0.1, -0.05) is 47.1 Å². The first-order chi connectivity index (χ1) is 11.9. The standard InChI is InChI=1S/C23H38O3/c1-14(2)9-10-19-18(8)20(17(7)13-16(5)6)22(25)23(26,21(19)24)12-11-15(3)4/h14-16,26H,9-13H2,1-8H3/b20-17-. The lowest BCUT2D eigenvalue weighted by molar-refractivity contribution is -0.148. The molecule has 0 saturated heterocycles. The van der Waals surface area contributed by atoms with Crippen LogP contribution in [0.15, 0.2) is 22.3 Å². The SMILES string of the molecule is CC1=C(CCC(C)C)C(=O)C(O)(CCC(C)C)C(=O)/C1=C(/C)CC(C)C. The van der Waals surface area contributed by atoms with Gasteiger partial charge in [0.25, 0.3) is 0 Å². The third-order valence-corrected chi connectivity index (χ3v) is 5.28. The zero-order valence-electron chi connectivity index (χ0n) is 18.0. The van der Waals surface area contributed by atoms with Crippen LogP contribution in [0.2, 0.25) is 0 Å². The van der Waals surface area contributed by atoms with Gasteiger partial charge in [-0.3, -0.25) is 9.59 Å². The van der Waals surface area contributed by atoms with Gasteiger partial charge in [0.15, 0.2) is 11.4 Å². The molecule has 3 nitrogen and oxygen atoms in total. The zero-order chi connectivity index (χ0) is 20.2. The van der Waals surface area contributed by atoms with Crippen LogP contribution in [0.3, 0.4) is 0 Å². The van der Waals surface area contributed by atoms with E-state index < -0.39 is 5.60 Å². The van der Waals surface area contributed by atoms with Crippen molar-refractivity contribution in [3.63, 3.8) is 0 Å². The number of Topliss-reactive ketones (excluding diaryl/α,β-unsaturated/α-hetero) is 2. The molecule has 0 aromatic heterocycles. The van der Waals surface area contributed by atoms with E-state index in [9.17, 15) is 14.7 Å². The monoisotopic (exact) mass is 362 g/mol. The number of allylic oxidation sites excluding steroid dienone is 2. The van der Waals surface area contributed by atoms with Crippen LogP contribution in [-0.4, -0.2) is 22.3 Å². The molecule has 3 heteroatoms. The lowest BCUT2D eigenvalue weighted by Crippen LogP contribution is -2.51. The Labute approximate surface area is 160 Å². The Kier molecular flexibility index (Phi) is 8.01. The van der Waals surface area contributed by atoms with E-state index in [2.05, 4.69) is 27.7 Å². The highest BCUT2D eigenvalue weighted by Gasteiger charge is 2.50. The third kappa shape index (κ3) is 5.16. The molecule has 0 spiro atoms. The molecule has 0 aliphatic heterocycles. The molecule has 1 N–H and O–H groups in total. The number of ketones is 2. The summed E-state index contributed by atoms with van der Waals surface area (Å²) in [6, 6.07) is 0. The molecule has 0 saturated carbocycles. The van der Waals surface area contributed by atoms with E-state index >= 15 is 0 Å². The Morgan fingerprint density at radius 3 is 1.92 bits per heavy atom. The molecule has 26 heavy (non-hydrogen) atoms. The van der Waals surface area contributed by atoms with Crippen molar-refractivity contribution >= 4 is 11.6 Å². The smallest absolute Gasteiger partial charge is 0.202 e. The maximum absolute atomic E-state index is 13.2. The quantitative estimate of drug-likeness (QED) is 0.463. The predicted octanol–water partition coefficient (Wildman–Crippen LogP) is 5.42. The molecule has 1 atom stereocenters. The fourth-order valence-corrected chi connectivity index (χ4v) is 3.74. The maximum atomic E-state index is 13.2. The topological polar surface area (TPSA) is 54.4 Å². The summed E-state index contributed by atoms with van der Waals surface area (Å²) >= 11 is 0. The van der Waals surface area contributed by atoms with Crippen molar-refractivity contribution in [1.29, 1.82) is 0 Å². The molecular formula is C23H38O3. The number of hydrogen-bond acceptors (Lipinski definition) is 3. The second-order valence-electron chi connectivity index (χ2n) is 9.24. The average molecular weight is 363 g/mol. The fourth-order valence-electron chi connectivity index (χ4n) is 3.74. The summed E-state index contributed by atoms with van der Waals surface area (Å²) in [7, 11) is 0. The van der Waals surface area contributed by atoms with Gasteiger partial charge in [0, 0.05) is 11.1 Å². The van der Waals surface area contributed by atoms with Gasteiger partial charge in [0.05, 0.1) is 0 Å². The largest absolute Gasteiger partial charge is 0.374 e.